The van der Waals surface area contributed by atoms with E-state index in [0.29, 0.717) is 11.3 Å². The minimum Gasteiger partial charge on any atom is -0.496 e. The maximum atomic E-state index is 11.6. The summed E-state index contributed by atoms with van der Waals surface area (Å²) in [5.41, 5.74) is 5.99. The number of nitro benzene ring substituents is 1. The van der Waals surface area contributed by atoms with E-state index in [0.717, 1.165) is 0 Å². The normalized spacial score (nSPS) is 11.2. The van der Waals surface area contributed by atoms with Gasteiger partial charge >= 0.3 is 0 Å². The highest BCUT2D eigenvalue weighted by Crippen LogP contribution is 2.23. The van der Waals surface area contributed by atoms with E-state index in [1.54, 1.807) is 0 Å². The minimum atomic E-state index is -0.787. The molecule has 118 valence electrons. The maximum Gasteiger partial charge on any atom is 0.270 e. The Balaban J connectivity index is 0.00000400. The summed E-state index contributed by atoms with van der Waals surface area (Å²) in [4.78, 5) is 21.8. The molecule has 0 aliphatic carbocycles. The van der Waals surface area contributed by atoms with Gasteiger partial charge in [0.25, 0.3) is 5.69 Å². The van der Waals surface area contributed by atoms with Gasteiger partial charge in [0.1, 0.15) is 11.8 Å². The number of halogens is 1. The first-order valence-corrected chi connectivity index (χ1v) is 5.83. The second-order valence-corrected chi connectivity index (χ2v) is 4.03. The first-order valence-electron chi connectivity index (χ1n) is 5.83. The lowest BCUT2D eigenvalue weighted by Crippen LogP contribution is -2.43. The van der Waals surface area contributed by atoms with Crippen molar-refractivity contribution in [2.75, 3.05) is 20.8 Å². The van der Waals surface area contributed by atoms with Crippen LogP contribution >= 0.6 is 12.4 Å². The van der Waals surface area contributed by atoms with Gasteiger partial charge < -0.3 is 20.5 Å². The van der Waals surface area contributed by atoms with Crippen LogP contribution in [-0.2, 0) is 16.1 Å². The molecule has 1 aromatic carbocycles. The van der Waals surface area contributed by atoms with Gasteiger partial charge in [0.2, 0.25) is 5.91 Å². The molecule has 0 bridgehead atoms. The number of nitrogens with one attached hydrogen (secondary N) is 1. The molecule has 0 aliphatic heterocycles. The van der Waals surface area contributed by atoms with Crippen molar-refractivity contribution >= 4 is 24.0 Å². The number of nitrogens with two attached hydrogens (primary N) is 1. The summed E-state index contributed by atoms with van der Waals surface area (Å²) in [6.45, 7) is 0.180. The number of nitro groups is 1. The van der Waals surface area contributed by atoms with E-state index in [1.165, 1.54) is 32.4 Å². The Morgan fingerprint density at radius 3 is 2.67 bits per heavy atom. The number of carbonyl (C=O) groups excluding carboxylic acids is 1. The number of carbonyl (C=O) groups is 1. The fourth-order valence-corrected chi connectivity index (χ4v) is 1.59. The summed E-state index contributed by atoms with van der Waals surface area (Å²) in [5.74, 6) is 0.0524. The topological polar surface area (TPSA) is 117 Å². The smallest absolute Gasteiger partial charge is 0.270 e. The van der Waals surface area contributed by atoms with Crippen LogP contribution in [-0.4, -0.2) is 37.7 Å². The van der Waals surface area contributed by atoms with Crippen LogP contribution in [0.4, 0.5) is 5.69 Å². The van der Waals surface area contributed by atoms with E-state index < -0.39 is 16.9 Å². The van der Waals surface area contributed by atoms with Crippen molar-refractivity contribution in [3.63, 3.8) is 0 Å². The Morgan fingerprint density at radius 1 is 1.48 bits per heavy atom. The number of methoxy groups -OCH3 is 2. The lowest BCUT2D eigenvalue weighted by Gasteiger charge is -2.13. The largest absolute Gasteiger partial charge is 0.496 e. The molecule has 1 amide bonds. The molecule has 0 spiro atoms. The molecular formula is C12H18ClN3O5. The number of benzene rings is 1. The van der Waals surface area contributed by atoms with Crippen molar-refractivity contribution in [2.45, 2.75) is 12.6 Å². The summed E-state index contributed by atoms with van der Waals surface area (Å²) < 4.78 is 9.86. The van der Waals surface area contributed by atoms with Crippen LogP contribution in [0.1, 0.15) is 5.56 Å². The number of hydrogen-bond acceptors (Lipinski definition) is 6. The van der Waals surface area contributed by atoms with E-state index in [4.69, 9.17) is 15.2 Å². The van der Waals surface area contributed by atoms with E-state index in [-0.39, 0.29) is 31.2 Å². The zero-order valence-corrected chi connectivity index (χ0v) is 12.5. The standard InChI is InChI=1S/C12H17N3O5.ClH/c1-19-7-10(13)12(16)14-6-8-5-9(15(17)18)3-4-11(8)20-2;/h3-5,10H,6-7,13H2,1-2H3,(H,14,16);1H. The van der Waals surface area contributed by atoms with Gasteiger partial charge in [0.05, 0.1) is 18.6 Å². The molecular weight excluding hydrogens is 302 g/mol. The number of ether oxygens (including phenoxy) is 2. The van der Waals surface area contributed by atoms with Gasteiger partial charge in [-0.15, -0.1) is 12.4 Å². The van der Waals surface area contributed by atoms with Gasteiger partial charge in [-0.05, 0) is 6.07 Å². The third-order valence-corrected chi connectivity index (χ3v) is 2.61. The fraction of sp³-hybridized carbons (Fsp3) is 0.417. The molecule has 8 nitrogen and oxygen atoms in total. The van der Waals surface area contributed by atoms with E-state index in [9.17, 15) is 14.9 Å². The predicted octanol–water partition coefficient (Wildman–Crippen LogP) is 0.615. The molecule has 9 heteroatoms. The van der Waals surface area contributed by atoms with Crippen LogP contribution in [0.2, 0.25) is 0 Å². The van der Waals surface area contributed by atoms with Crippen molar-refractivity contribution in [1.82, 2.24) is 5.32 Å². The lowest BCUT2D eigenvalue weighted by atomic mass is 10.1. The number of rotatable bonds is 7. The third kappa shape index (κ3) is 5.54. The molecule has 0 aliphatic rings. The molecule has 0 radical (unpaired) electrons. The second kappa shape index (κ2) is 9.11. The van der Waals surface area contributed by atoms with Gasteiger partial charge in [-0.3, -0.25) is 14.9 Å². The molecule has 0 heterocycles. The highest BCUT2D eigenvalue weighted by Gasteiger charge is 2.15. The molecule has 1 rings (SSSR count). The van der Waals surface area contributed by atoms with Crippen LogP contribution < -0.4 is 15.8 Å². The molecule has 0 aromatic heterocycles. The summed E-state index contributed by atoms with van der Waals surface area (Å²) in [5, 5.41) is 13.3. The van der Waals surface area contributed by atoms with Crippen LogP contribution in [0, 0.1) is 10.1 Å². The minimum absolute atomic E-state index is 0. The lowest BCUT2D eigenvalue weighted by molar-refractivity contribution is -0.384. The Morgan fingerprint density at radius 2 is 2.14 bits per heavy atom. The van der Waals surface area contributed by atoms with Crippen LogP contribution in [0.3, 0.4) is 0 Å². The maximum absolute atomic E-state index is 11.6. The number of nitrogens with zero attached hydrogens (tertiary/aromatic N) is 1. The number of hydrogen-bond donors (Lipinski definition) is 2. The average molecular weight is 320 g/mol. The highest BCUT2D eigenvalue weighted by atomic mass is 35.5. The SMILES string of the molecule is COCC(N)C(=O)NCc1cc([N+](=O)[O-])ccc1OC.Cl. The van der Waals surface area contributed by atoms with Crippen molar-refractivity contribution < 1.29 is 19.2 Å². The van der Waals surface area contributed by atoms with Crippen molar-refractivity contribution in [2.24, 2.45) is 5.73 Å². The van der Waals surface area contributed by atoms with Crippen molar-refractivity contribution in [1.29, 1.82) is 0 Å². The molecule has 1 aromatic rings. The Hall–Kier alpha value is -1.90. The molecule has 0 saturated heterocycles. The van der Waals surface area contributed by atoms with Gasteiger partial charge in [-0.25, -0.2) is 0 Å². The van der Waals surface area contributed by atoms with Gasteiger partial charge in [0.15, 0.2) is 0 Å². The quantitative estimate of drug-likeness (QED) is 0.562. The summed E-state index contributed by atoms with van der Waals surface area (Å²) >= 11 is 0. The molecule has 0 fully saturated rings. The molecule has 3 N–H and O–H groups in total. The van der Waals surface area contributed by atoms with Gasteiger partial charge in [-0.1, -0.05) is 0 Å². The molecule has 1 unspecified atom stereocenters. The summed E-state index contributed by atoms with van der Waals surface area (Å²) in [7, 11) is 2.89. The monoisotopic (exact) mass is 319 g/mol. The number of amides is 1. The highest BCUT2D eigenvalue weighted by molar-refractivity contribution is 5.85. The van der Waals surface area contributed by atoms with Crippen LogP contribution in [0.15, 0.2) is 18.2 Å². The third-order valence-electron chi connectivity index (χ3n) is 2.61. The van der Waals surface area contributed by atoms with Gasteiger partial charge in [0, 0.05) is 31.4 Å². The van der Waals surface area contributed by atoms with Crippen molar-refractivity contribution in [3.8, 4) is 5.75 Å². The second-order valence-electron chi connectivity index (χ2n) is 4.03. The first-order chi connectivity index (χ1) is 9.49. The van der Waals surface area contributed by atoms with Crippen molar-refractivity contribution in [3.05, 3.63) is 33.9 Å². The van der Waals surface area contributed by atoms with Gasteiger partial charge in [-0.2, -0.15) is 0 Å². The van der Waals surface area contributed by atoms with E-state index >= 15 is 0 Å². The molecule has 1 atom stereocenters. The predicted molar refractivity (Wildman–Crippen MR) is 78.6 cm³/mol. The Kier molecular flexibility index (Phi) is 8.29. The van der Waals surface area contributed by atoms with E-state index in [2.05, 4.69) is 5.32 Å². The fourth-order valence-electron chi connectivity index (χ4n) is 1.59. The Labute approximate surface area is 128 Å². The summed E-state index contributed by atoms with van der Waals surface area (Å²) in [6, 6.07) is 3.38. The van der Waals surface area contributed by atoms with Crippen LogP contribution in [0.25, 0.3) is 0 Å². The van der Waals surface area contributed by atoms with Crippen LogP contribution in [0.5, 0.6) is 5.75 Å². The summed E-state index contributed by atoms with van der Waals surface area (Å²) in [6.07, 6.45) is 0. The molecule has 0 saturated carbocycles. The average Bonchev–Trinajstić information content (AvgIpc) is 2.44. The molecule has 21 heavy (non-hydrogen) atoms. The first kappa shape index (κ1) is 19.1. The Bertz CT molecular complexity index is 498. The number of non-ortho nitro benzene ring substituents is 1. The van der Waals surface area contributed by atoms with E-state index in [1.807, 2.05) is 0 Å². The zero-order valence-electron chi connectivity index (χ0n) is 11.7. The zero-order chi connectivity index (χ0) is 15.1.